The van der Waals surface area contributed by atoms with E-state index in [0.29, 0.717) is 5.56 Å². The first-order chi connectivity index (χ1) is 8.95. The Morgan fingerprint density at radius 2 is 2.21 bits per heavy atom. The standard InChI is InChI=1S/C14H21FN2O2/c1-3-9(2)13(16)14(19)17-8-12(18)10-5-4-6-11(15)7-10/h4-7,9,12-13,18H,3,8,16H2,1-2H3,(H,17,19). The number of aliphatic hydroxyl groups is 1. The molecule has 0 spiro atoms. The summed E-state index contributed by atoms with van der Waals surface area (Å²) in [6.45, 7) is 3.87. The third-order valence-corrected chi connectivity index (χ3v) is 3.26. The van der Waals surface area contributed by atoms with Crippen LogP contribution in [0.15, 0.2) is 24.3 Å². The first kappa shape index (κ1) is 15.6. The fourth-order valence-corrected chi connectivity index (χ4v) is 1.66. The summed E-state index contributed by atoms with van der Waals surface area (Å²) in [5.74, 6) is -0.643. The summed E-state index contributed by atoms with van der Waals surface area (Å²) in [5.41, 5.74) is 6.19. The number of benzene rings is 1. The molecule has 0 aromatic heterocycles. The van der Waals surface area contributed by atoms with E-state index in [1.807, 2.05) is 13.8 Å². The summed E-state index contributed by atoms with van der Waals surface area (Å²) in [7, 11) is 0. The highest BCUT2D eigenvalue weighted by Gasteiger charge is 2.20. The summed E-state index contributed by atoms with van der Waals surface area (Å²) < 4.78 is 13.0. The van der Waals surface area contributed by atoms with Crippen LogP contribution in [0.1, 0.15) is 31.9 Å². The van der Waals surface area contributed by atoms with E-state index in [2.05, 4.69) is 5.32 Å². The van der Waals surface area contributed by atoms with Crippen LogP contribution in [0.25, 0.3) is 0 Å². The minimum absolute atomic E-state index is 0.0203. The molecule has 1 aromatic carbocycles. The van der Waals surface area contributed by atoms with Gasteiger partial charge in [-0.15, -0.1) is 0 Å². The lowest BCUT2D eigenvalue weighted by Gasteiger charge is -2.19. The Bertz CT molecular complexity index is 426. The number of nitrogens with one attached hydrogen (secondary N) is 1. The molecule has 19 heavy (non-hydrogen) atoms. The predicted octanol–water partition coefficient (Wildman–Crippen LogP) is 1.35. The highest BCUT2D eigenvalue weighted by atomic mass is 19.1. The Morgan fingerprint density at radius 1 is 1.53 bits per heavy atom. The third-order valence-electron chi connectivity index (χ3n) is 3.26. The molecule has 5 heteroatoms. The molecule has 0 aliphatic heterocycles. The van der Waals surface area contributed by atoms with Crippen LogP contribution in [0.2, 0.25) is 0 Å². The van der Waals surface area contributed by atoms with Gasteiger partial charge in [0.05, 0.1) is 12.1 Å². The van der Waals surface area contributed by atoms with E-state index in [0.717, 1.165) is 6.42 Å². The molecule has 4 N–H and O–H groups in total. The predicted molar refractivity (Wildman–Crippen MR) is 71.8 cm³/mol. The zero-order valence-electron chi connectivity index (χ0n) is 11.3. The summed E-state index contributed by atoms with van der Waals surface area (Å²) in [6.07, 6.45) is -0.134. The van der Waals surface area contributed by atoms with Gasteiger partial charge in [-0.2, -0.15) is 0 Å². The first-order valence-electron chi connectivity index (χ1n) is 6.42. The largest absolute Gasteiger partial charge is 0.387 e. The van der Waals surface area contributed by atoms with Gasteiger partial charge in [-0.25, -0.2) is 4.39 Å². The van der Waals surface area contributed by atoms with Crippen LogP contribution in [-0.2, 0) is 4.79 Å². The molecule has 3 unspecified atom stereocenters. The van der Waals surface area contributed by atoms with Gasteiger partial charge >= 0.3 is 0 Å². The van der Waals surface area contributed by atoms with E-state index in [-0.39, 0.29) is 18.4 Å². The third kappa shape index (κ3) is 4.61. The molecule has 0 bridgehead atoms. The van der Waals surface area contributed by atoms with Crippen molar-refractivity contribution in [3.05, 3.63) is 35.6 Å². The zero-order valence-corrected chi connectivity index (χ0v) is 11.3. The Kier molecular flexibility index (Phi) is 5.92. The average Bonchev–Trinajstić information content (AvgIpc) is 2.42. The molecule has 0 saturated carbocycles. The lowest BCUT2D eigenvalue weighted by atomic mass is 9.99. The molecule has 0 fully saturated rings. The highest BCUT2D eigenvalue weighted by molar-refractivity contribution is 5.81. The first-order valence-corrected chi connectivity index (χ1v) is 6.42. The van der Waals surface area contributed by atoms with E-state index < -0.39 is 18.0 Å². The number of amides is 1. The maximum absolute atomic E-state index is 13.0. The molecular formula is C14H21FN2O2. The lowest BCUT2D eigenvalue weighted by Crippen LogP contribution is -2.45. The van der Waals surface area contributed by atoms with Crippen molar-refractivity contribution >= 4 is 5.91 Å². The van der Waals surface area contributed by atoms with Crippen molar-refractivity contribution in [2.24, 2.45) is 11.7 Å². The smallest absolute Gasteiger partial charge is 0.237 e. The number of hydrogen-bond acceptors (Lipinski definition) is 3. The maximum atomic E-state index is 13.0. The van der Waals surface area contributed by atoms with Crippen LogP contribution in [-0.4, -0.2) is 23.6 Å². The molecule has 0 aliphatic carbocycles. The summed E-state index contributed by atoms with van der Waals surface area (Å²) in [6, 6.07) is 5.07. The average molecular weight is 268 g/mol. The molecule has 1 rings (SSSR count). The van der Waals surface area contributed by atoms with Crippen molar-refractivity contribution in [1.29, 1.82) is 0 Å². The van der Waals surface area contributed by atoms with Gasteiger partial charge in [-0.3, -0.25) is 4.79 Å². The number of halogens is 1. The van der Waals surface area contributed by atoms with Gasteiger partial charge in [0.1, 0.15) is 5.82 Å². The topological polar surface area (TPSA) is 75.4 Å². The second-order valence-electron chi connectivity index (χ2n) is 4.73. The van der Waals surface area contributed by atoms with Gasteiger partial charge in [0.2, 0.25) is 5.91 Å². The van der Waals surface area contributed by atoms with E-state index >= 15 is 0 Å². The summed E-state index contributed by atoms with van der Waals surface area (Å²) in [5, 5.41) is 12.4. The van der Waals surface area contributed by atoms with E-state index in [4.69, 9.17) is 5.73 Å². The number of aliphatic hydroxyl groups excluding tert-OH is 1. The van der Waals surface area contributed by atoms with Crippen LogP contribution in [0.5, 0.6) is 0 Å². The number of carbonyl (C=O) groups excluding carboxylic acids is 1. The van der Waals surface area contributed by atoms with E-state index in [1.54, 1.807) is 6.07 Å². The summed E-state index contributed by atoms with van der Waals surface area (Å²) >= 11 is 0. The van der Waals surface area contributed by atoms with Gasteiger partial charge in [0.15, 0.2) is 0 Å². The second kappa shape index (κ2) is 7.21. The molecular weight excluding hydrogens is 247 g/mol. The molecule has 0 heterocycles. The van der Waals surface area contributed by atoms with Gasteiger partial charge in [0.25, 0.3) is 0 Å². The van der Waals surface area contributed by atoms with Crippen LogP contribution in [0, 0.1) is 11.7 Å². The van der Waals surface area contributed by atoms with Crippen LogP contribution in [0.4, 0.5) is 4.39 Å². The van der Waals surface area contributed by atoms with Crippen LogP contribution < -0.4 is 11.1 Å². The molecule has 0 saturated heterocycles. The zero-order chi connectivity index (χ0) is 14.4. The van der Waals surface area contributed by atoms with Crippen molar-refractivity contribution in [3.8, 4) is 0 Å². The minimum Gasteiger partial charge on any atom is -0.387 e. The number of hydrogen-bond donors (Lipinski definition) is 3. The Balaban J connectivity index is 2.50. The lowest BCUT2D eigenvalue weighted by molar-refractivity contribution is -0.123. The number of rotatable bonds is 6. The fourth-order valence-electron chi connectivity index (χ4n) is 1.66. The Hall–Kier alpha value is -1.46. The number of carbonyl (C=O) groups is 1. The maximum Gasteiger partial charge on any atom is 0.237 e. The monoisotopic (exact) mass is 268 g/mol. The second-order valence-corrected chi connectivity index (χ2v) is 4.73. The Labute approximate surface area is 112 Å². The minimum atomic E-state index is -0.941. The molecule has 3 atom stereocenters. The van der Waals surface area contributed by atoms with Crippen molar-refractivity contribution in [2.75, 3.05) is 6.54 Å². The normalized spacial score (nSPS) is 15.6. The van der Waals surface area contributed by atoms with Gasteiger partial charge in [-0.05, 0) is 23.6 Å². The SMILES string of the molecule is CCC(C)C(N)C(=O)NCC(O)c1cccc(F)c1. The highest BCUT2D eigenvalue weighted by Crippen LogP contribution is 2.13. The van der Waals surface area contributed by atoms with E-state index in [1.165, 1.54) is 18.2 Å². The van der Waals surface area contributed by atoms with Crippen LogP contribution >= 0.6 is 0 Å². The quantitative estimate of drug-likeness (QED) is 0.729. The number of nitrogens with two attached hydrogens (primary N) is 1. The van der Waals surface area contributed by atoms with Crippen LogP contribution in [0.3, 0.4) is 0 Å². The van der Waals surface area contributed by atoms with Gasteiger partial charge < -0.3 is 16.2 Å². The Morgan fingerprint density at radius 3 is 2.79 bits per heavy atom. The van der Waals surface area contributed by atoms with Crippen molar-refractivity contribution in [3.63, 3.8) is 0 Å². The summed E-state index contributed by atoms with van der Waals surface area (Å²) in [4.78, 5) is 11.7. The molecule has 0 radical (unpaired) electrons. The van der Waals surface area contributed by atoms with Crippen molar-refractivity contribution < 1.29 is 14.3 Å². The van der Waals surface area contributed by atoms with Gasteiger partial charge in [-0.1, -0.05) is 32.4 Å². The molecule has 0 aliphatic rings. The molecule has 4 nitrogen and oxygen atoms in total. The van der Waals surface area contributed by atoms with Crippen molar-refractivity contribution in [1.82, 2.24) is 5.32 Å². The van der Waals surface area contributed by atoms with E-state index in [9.17, 15) is 14.3 Å². The molecule has 106 valence electrons. The van der Waals surface area contributed by atoms with Crippen molar-refractivity contribution in [2.45, 2.75) is 32.4 Å². The molecule has 1 aromatic rings. The fraction of sp³-hybridized carbons (Fsp3) is 0.500. The van der Waals surface area contributed by atoms with Gasteiger partial charge in [0, 0.05) is 6.54 Å². The molecule has 1 amide bonds.